The summed E-state index contributed by atoms with van der Waals surface area (Å²) in [5.41, 5.74) is 7.43. The quantitative estimate of drug-likeness (QED) is 0.282. The average molecular weight is 741 g/mol. The van der Waals surface area contributed by atoms with Crippen LogP contribution in [-0.2, 0) is 25.6 Å². The molecule has 1 atom stereocenters. The Morgan fingerprint density at radius 1 is 1.11 bits per heavy atom. The van der Waals surface area contributed by atoms with Crippen molar-refractivity contribution in [2.75, 3.05) is 58.5 Å². The molecule has 2 fully saturated rings. The van der Waals surface area contributed by atoms with Gasteiger partial charge in [-0.1, -0.05) is 11.8 Å². The van der Waals surface area contributed by atoms with Crippen molar-refractivity contribution in [3.05, 3.63) is 22.9 Å². The van der Waals surface area contributed by atoms with Gasteiger partial charge in [-0.3, -0.25) is 14.5 Å². The van der Waals surface area contributed by atoms with Crippen LogP contribution in [0.4, 0.5) is 5.82 Å². The first-order chi connectivity index (χ1) is 21.9. The van der Waals surface area contributed by atoms with Gasteiger partial charge in [0.1, 0.15) is 6.33 Å². The Labute approximate surface area is 286 Å². The number of morpholine rings is 1. The molecular formula is C30H39BrClN7O6S. The fourth-order valence-corrected chi connectivity index (χ4v) is 7.39. The van der Waals surface area contributed by atoms with Gasteiger partial charge < -0.3 is 34.1 Å². The smallest absolute Gasteiger partial charge is 0.306 e. The molecule has 6 rings (SSSR count). The molecule has 0 bridgehead atoms. The zero-order chi connectivity index (χ0) is 31.3. The molecule has 2 aromatic heterocycles. The Morgan fingerprint density at radius 2 is 1.85 bits per heavy atom. The number of aryl methyl sites for hydroxylation is 1. The lowest BCUT2D eigenvalue weighted by molar-refractivity contribution is -0.160. The Kier molecular flexibility index (Phi) is 11.9. The topological polar surface area (TPSA) is 147 Å². The van der Waals surface area contributed by atoms with Gasteiger partial charge in [-0.05, 0) is 73.1 Å². The van der Waals surface area contributed by atoms with E-state index < -0.39 is 6.10 Å². The molecule has 3 aliphatic heterocycles. The van der Waals surface area contributed by atoms with Crippen molar-refractivity contribution in [2.45, 2.75) is 61.7 Å². The van der Waals surface area contributed by atoms with E-state index in [0.717, 1.165) is 66.6 Å². The average Bonchev–Trinajstić information content (AvgIpc) is 3.65. The zero-order valence-electron chi connectivity index (χ0n) is 25.7. The Morgan fingerprint density at radius 3 is 2.61 bits per heavy atom. The first kappa shape index (κ1) is 34.5. The van der Waals surface area contributed by atoms with Crippen LogP contribution in [-0.4, -0.2) is 100 Å². The van der Waals surface area contributed by atoms with Crippen LogP contribution in [0.1, 0.15) is 39.0 Å². The van der Waals surface area contributed by atoms with E-state index >= 15 is 0 Å². The van der Waals surface area contributed by atoms with Crippen molar-refractivity contribution in [3.8, 4) is 11.5 Å². The number of nitrogen functional groups attached to an aromatic ring is 1. The number of nitrogens with zero attached hydrogens (tertiary/aromatic N) is 6. The second-order valence-electron chi connectivity index (χ2n) is 11.5. The summed E-state index contributed by atoms with van der Waals surface area (Å²) < 4.78 is 24.9. The van der Waals surface area contributed by atoms with Crippen LogP contribution in [0.5, 0.6) is 11.5 Å². The molecular weight excluding hydrogens is 702 g/mol. The van der Waals surface area contributed by atoms with E-state index in [0.29, 0.717) is 66.9 Å². The van der Waals surface area contributed by atoms with Gasteiger partial charge >= 0.3 is 5.97 Å². The largest absolute Gasteiger partial charge is 0.454 e. The van der Waals surface area contributed by atoms with E-state index in [-0.39, 0.29) is 31.1 Å². The number of anilines is 1. The number of amides is 1. The molecule has 0 spiro atoms. The van der Waals surface area contributed by atoms with Crippen LogP contribution in [0, 0.1) is 5.92 Å². The maximum absolute atomic E-state index is 13.1. The second kappa shape index (κ2) is 15.8. The van der Waals surface area contributed by atoms with Gasteiger partial charge in [0.05, 0.1) is 13.2 Å². The summed E-state index contributed by atoms with van der Waals surface area (Å²) in [6, 6.07) is 3.84. The van der Waals surface area contributed by atoms with Crippen molar-refractivity contribution in [1.82, 2.24) is 29.3 Å². The van der Waals surface area contributed by atoms with Gasteiger partial charge in [-0.2, -0.15) is 0 Å². The summed E-state index contributed by atoms with van der Waals surface area (Å²) in [5.74, 6) is 1.69. The SMILES string of the molecule is C[C@H](OC(=O)CCCN1CCOCC1)C(=O)N1CCC(CCn2c(Sc3cc4c(cc3Br)OCO4)nc3c(N)ncnc32)CC1.Cl. The summed E-state index contributed by atoms with van der Waals surface area (Å²) in [6.07, 6.45) is 4.32. The number of fused-ring (bicyclic) bond motifs is 2. The number of halogens is 2. The number of nitrogens with two attached hydrogens (primary N) is 1. The van der Waals surface area contributed by atoms with E-state index in [2.05, 4.69) is 35.4 Å². The van der Waals surface area contributed by atoms with E-state index in [1.807, 2.05) is 17.0 Å². The Hall–Kier alpha value is -2.85. The Balaban J connectivity index is 0.00000417. The molecule has 5 heterocycles. The molecule has 13 nitrogen and oxygen atoms in total. The van der Waals surface area contributed by atoms with Crippen LogP contribution in [0.3, 0.4) is 0 Å². The van der Waals surface area contributed by atoms with Crippen LogP contribution in [0.25, 0.3) is 11.2 Å². The number of ether oxygens (including phenoxy) is 4. The molecule has 2 N–H and O–H groups in total. The fraction of sp³-hybridized carbons (Fsp3) is 0.567. The van der Waals surface area contributed by atoms with Crippen molar-refractivity contribution >= 4 is 69.0 Å². The number of likely N-dealkylation sites (tertiary alicyclic amines) is 1. The standard InChI is InChI=1S/C30H38BrN7O6S.ClH/c1-19(44-25(39)3-2-7-36-11-13-41-14-12-36)29(40)37-8-4-20(5-9-37)6-10-38-28-26(27(32)33-17-34-28)35-30(38)45-24-16-23-22(15-21(24)31)42-18-43-23;/h15-17,19-20H,2-14,18H2,1H3,(H2,32,33,34);1H/t19-;/m0./s1. The molecule has 46 heavy (non-hydrogen) atoms. The second-order valence-corrected chi connectivity index (χ2v) is 13.3. The molecule has 250 valence electrons. The van der Waals surface area contributed by atoms with E-state index in [4.69, 9.17) is 29.7 Å². The monoisotopic (exact) mass is 739 g/mol. The highest BCUT2D eigenvalue weighted by Gasteiger charge is 2.29. The lowest BCUT2D eigenvalue weighted by Gasteiger charge is -2.33. The van der Waals surface area contributed by atoms with Crippen LogP contribution >= 0.6 is 40.1 Å². The first-order valence-corrected chi connectivity index (χ1v) is 17.0. The van der Waals surface area contributed by atoms with Crippen molar-refractivity contribution in [3.63, 3.8) is 0 Å². The highest BCUT2D eigenvalue weighted by atomic mass is 79.9. The number of esters is 1. The van der Waals surface area contributed by atoms with Crippen LogP contribution in [0.15, 0.2) is 33.0 Å². The molecule has 1 aromatic carbocycles. The molecule has 16 heteroatoms. The van der Waals surface area contributed by atoms with Crippen molar-refractivity contribution in [1.29, 1.82) is 0 Å². The summed E-state index contributed by atoms with van der Waals surface area (Å²) in [7, 11) is 0. The van der Waals surface area contributed by atoms with Gasteiger partial charge in [0.25, 0.3) is 5.91 Å². The predicted molar refractivity (Wildman–Crippen MR) is 177 cm³/mol. The lowest BCUT2D eigenvalue weighted by Crippen LogP contribution is -2.44. The third kappa shape index (κ3) is 8.16. The molecule has 1 amide bonds. The maximum atomic E-state index is 13.1. The minimum absolute atomic E-state index is 0. The van der Waals surface area contributed by atoms with Crippen molar-refractivity contribution in [2.24, 2.45) is 5.92 Å². The van der Waals surface area contributed by atoms with Gasteiger partial charge in [-0.15, -0.1) is 12.4 Å². The van der Waals surface area contributed by atoms with Crippen molar-refractivity contribution < 1.29 is 28.5 Å². The normalized spacial score (nSPS) is 17.6. The van der Waals surface area contributed by atoms with Crippen LogP contribution < -0.4 is 15.2 Å². The van der Waals surface area contributed by atoms with E-state index in [9.17, 15) is 9.59 Å². The number of rotatable bonds is 11. The molecule has 3 aliphatic rings. The first-order valence-electron chi connectivity index (χ1n) is 15.4. The summed E-state index contributed by atoms with van der Waals surface area (Å²) >= 11 is 5.14. The number of piperidine rings is 1. The maximum Gasteiger partial charge on any atom is 0.306 e. The number of hydrogen-bond acceptors (Lipinski definition) is 12. The van der Waals surface area contributed by atoms with Gasteiger partial charge in [0.15, 0.2) is 39.7 Å². The number of benzene rings is 1. The number of aromatic nitrogens is 4. The summed E-state index contributed by atoms with van der Waals surface area (Å²) in [5, 5.41) is 0.755. The van der Waals surface area contributed by atoms with Gasteiger partial charge in [-0.25, -0.2) is 15.0 Å². The molecule has 3 aromatic rings. The molecule has 2 saturated heterocycles. The number of carbonyl (C=O) groups is 2. The van der Waals surface area contributed by atoms with E-state index in [1.165, 1.54) is 18.1 Å². The fourth-order valence-electron chi connectivity index (χ4n) is 5.88. The molecule has 0 unspecified atom stereocenters. The third-order valence-electron chi connectivity index (χ3n) is 8.46. The predicted octanol–water partition coefficient (Wildman–Crippen LogP) is 4.15. The molecule has 0 aliphatic carbocycles. The zero-order valence-corrected chi connectivity index (χ0v) is 28.9. The third-order valence-corrected chi connectivity index (χ3v) is 10.4. The minimum Gasteiger partial charge on any atom is -0.454 e. The number of carbonyl (C=O) groups excluding carboxylic acids is 2. The number of imidazole rings is 1. The number of hydrogen-bond donors (Lipinski definition) is 1. The van der Waals surface area contributed by atoms with Gasteiger partial charge in [0, 0.05) is 48.5 Å². The minimum atomic E-state index is -0.782. The lowest BCUT2D eigenvalue weighted by atomic mass is 9.93. The summed E-state index contributed by atoms with van der Waals surface area (Å²) in [6.45, 7) is 7.90. The van der Waals surface area contributed by atoms with E-state index in [1.54, 1.807) is 6.92 Å². The van der Waals surface area contributed by atoms with Gasteiger partial charge in [0.2, 0.25) is 6.79 Å². The highest BCUT2D eigenvalue weighted by molar-refractivity contribution is 9.10. The Bertz CT molecular complexity index is 1530. The van der Waals surface area contributed by atoms with Crippen LogP contribution in [0.2, 0.25) is 0 Å². The molecule has 0 radical (unpaired) electrons. The summed E-state index contributed by atoms with van der Waals surface area (Å²) in [4.78, 5) is 43.9. The highest BCUT2D eigenvalue weighted by Crippen LogP contribution is 2.43. The molecule has 0 saturated carbocycles.